The van der Waals surface area contributed by atoms with Gasteiger partial charge in [-0.3, -0.25) is 0 Å². The molecule has 0 saturated carbocycles. The normalized spacial score (nSPS) is 10.9. The Bertz CT molecular complexity index is 778. The second kappa shape index (κ2) is 4.41. The van der Waals surface area contributed by atoms with Crippen LogP contribution < -0.4 is 10.6 Å². The predicted octanol–water partition coefficient (Wildman–Crippen LogP) is 1.98. The van der Waals surface area contributed by atoms with Crippen molar-refractivity contribution in [3.05, 3.63) is 30.3 Å². The maximum Gasteiger partial charge on any atom is 0.180 e. The number of hydrogen-bond donors (Lipinski definition) is 3. The number of fused-ring (bicyclic) bond motifs is 1. The molecule has 0 saturated heterocycles. The lowest BCUT2D eigenvalue weighted by Gasteiger charge is -2.09. The van der Waals surface area contributed by atoms with Gasteiger partial charge in [0.25, 0.3) is 0 Å². The zero-order valence-corrected chi connectivity index (χ0v) is 11.3. The SMILES string of the molecule is CN(C)c1ccc2[nH]c(-c3ccc(O)c(N)c3)nc2n1. The summed E-state index contributed by atoms with van der Waals surface area (Å²) in [5, 5.41) is 9.45. The number of phenolic OH excluding ortho intramolecular Hbond substituents is 1. The number of nitrogen functional groups attached to an aromatic ring is 1. The smallest absolute Gasteiger partial charge is 0.180 e. The van der Waals surface area contributed by atoms with E-state index in [0.29, 0.717) is 17.2 Å². The van der Waals surface area contributed by atoms with Gasteiger partial charge in [-0.25, -0.2) is 9.97 Å². The fourth-order valence-corrected chi connectivity index (χ4v) is 1.97. The molecule has 20 heavy (non-hydrogen) atoms. The summed E-state index contributed by atoms with van der Waals surface area (Å²) in [5.41, 5.74) is 8.35. The lowest BCUT2D eigenvalue weighted by atomic mass is 10.2. The first kappa shape index (κ1) is 12.3. The van der Waals surface area contributed by atoms with Crippen molar-refractivity contribution in [2.24, 2.45) is 0 Å². The molecule has 3 aromatic rings. The number of nitrogens with zero attached hydrogens (tertiary/aromatic N) is 3. The fraction of sp³-hybridized carbons (Fsp3) is 0.143. The molecule has 102 valence electrons. The van der Waals surface area contributed by atoms with Gasteiger partial charge in [0.05, 0.1) is 11.2 Å². The van der Waals surface area contributed by atoms with Crippen LogP contribution in [0, 0.1) is 0 Å². The van der Waals surface area contributed by atoms with E-state index < -0.39 is 0 Å². The molecule has 2 heterocycles. The molecular formula is C14H15N5O. The highest BCUT2D eigenvalue weighted by atomic mass is 16.3. The molecule has 0 aliphatic heterocycles. The standard InChI is InChI=1S/C14H15N5O/c1-19(2)12-6-4-10-14(17-12)18-13(16-10)8-3-5-11(20)9(15)7-8/h3-7,20H,15H2,1-2H3,(H,16,17,18). The quantitative estimate of drug-likeness (QED) is 0.489. The van der Waals surface area contributed by atoms with Gasteiger partial charge in [0.1, 0.15) is 17.4 Å². The summed E-state index contributed by atoms with van der Waals surface area (Å²) in [4.78, 5) is 14.0. The number of phenols is 1. The van der Waals surface area contributed by atoms with E-state index in [-0.39, 0.29) is 5.75 Å². The van der Waals surface area contributed by atoms with Crippen LogP contribution in [0.25, 0.3) is 22.6 Å². The Morgan fingerprint density at radius 1 is 1.15 bits per heavy atom. The number of nitrogens with one attached hydrogen (secondary N) is 1. The summed E-state index contributed by atoms with van der Waals surface area (Å²) in [6, 6.07) is 8.86. The molecule has 0 atom stereocenters. The van der Waals surface area contributed by atoms with Gasteiger partial charge in [0.15, 0.2) is 5.65 Å². The number of aromatic hydroxyl groups is 1. The van der Waals surface area contributed by atoms with E-state index in [4.69, 9.17) is 5.73 Å². The van der Waals surface area contributed by atoms with Crippen LogP contribution in [0.2, 0.25) is 0 Å². The van der Waals surface area contributed by atoms with Crippen molar-refractivity contribution < 1.29 is 5.11 Å². The number of aromatic nitrogens is 3. The van der Waals surface area contributed by atoms with E-state index in [1.54, 1.807) is 18.2 Å². The summed E-state index contributed by atoms with van der Waals surface area (Å²) in [6.45, 7) is 0. The summed E-state index contributed by atoms with van der Waals surface area (Å²) < 4.78 is 0. The van der Waals surface area contributed by atoms with E-state index in [1.165, 1.54) is 0 Å². The van der Waals surface area contributed by atoms with Crippen molar-refractivity contribution in [3.8, 4) is 17.1 Å². The van der Waals surface area contributed by atoms with E-state index in [1.807, 2.05) is 31.1 Å². The van der Waals surface area contributed by atoms with Crippen molar-refractivity contribution in [1.82, 2.24) is 15.0 Å². The number of imidazole rings is 1. The molecule has 1 aromatic carbocycles. The van der Waals surface area contributed by atoms with Crippen LogP contribution in [0.1, 0.15) is 0 Å². The van der Waals surface area contributed by atoms with Gasteiger partial charge in [-0.1, -0.05) is 0 Å². The van der Waals surface area contributed by atoms with Crippen LogP contribution in [0.3, 0.4) is 0 Å². The molecule has 4 N–H and O–H groups in total. The van der Waals surface area contributed by atoms with Crippen LogP contribution in [0.4, 0.5) is 11.5 Å². The number of pyridine rings is 1. The molecule has 0 unspecified atom stereocenters. The van der Waals surface area contributed by atoms with Crippen molar-refractivity contribution in [3.63, 3.8) is 0 Å². The topological polar surface area (TPSA) is 91.1 Å². The number of aromatic amines is 1. The van der Waals surface area contributed by atoms with Crippen LogP contribution in [0.5, 0.6) is 5.75 Å². The third-order valence-corrected chi connectivity index (χ3v) is 3.09. The highest BCUT2D eigenvalue weighted by Crippen LogP contribution is 2.27. The maximum atomic E-state index is 9.45. The summed E-state index contributed by atoms with van der Waals surface area (Å²) in [7, 11) is 3.87. The van der Waals surface area contributed by atoms with Crippen molar-refractivity contribution >= 4 is 22.7 Å². The lowest BCUT2D eigenvalue weighted by molar-refractivity contribution is 0.478. The van der Waals surface area contributed by atoms with Crippen molar-refractivity contribution in [2.75, 3.05) is 24.7 Å². The van der Waals surface area contributed by atoms with Crippen LogP contribution in [-0.4, -0.2) is 34.2 Å². The highest BCUT2D eigenvalue weighted by Gasteiger charge is 2.09. The summed E-state index contributed by atoms with van der Waals surface area (Å²) in [5.74, 6) is 1.59. The van der Waals surface area contributed by atoms with Gasteiger partial charge in [0, 0.05) is 19.7 Å². The van der Waals surface area contributed by atoms with Crippen LogP contribution in [0.15, 0.2) is 30.3 Å². The summed E-state index contributed by atoms with van der Waals surface area (Å²) in [6.07, 6.45) is 0. The zero-order valence-electron chi connectivity index (χ0n) is 11.3. The second-order valence-corrected chi connectivity index (χ2v) is 4.79. The Morgan fingerprint density at radius 2 is 1.95 bits per heavy atom. The number of benzene rings is 1. The lowest BCUT2D eigenvalue weighted by Crippen LogP contribution is -2.10. The molecule has 0 radical (unpaired) electrons. The number of nitrogens with two attached hydrogens (primary N) is 1. The third kappa shape index (κ3) is 2.01. The minimum absolute atomic E-state index is 0.0675. The molecule has 6 heteroatoms. The monoisotopic (exact) mass is 269 g/mol. The van der Waals surface area contributed by atoms with Crippen LogP contribution >= 0.6 is 0 Å². The predicted molar refractivity (Wildman–Crippen MR) is 79.7 cm³/mol. The Morgan fingerprint density at radius 3 is 2.65 bits per heavy atom. The molecule has 0 aliphatic carbocycles. The Hall–Kier alpha value is -2.76. The second-order valence-electron chi connectivity index (χ2n) is 4.79. The average Bonchev–Trinajstić information content (AvgIpc) is 2.84. The number of rotatable bonds is 2. The van der Waals surface area contributed by atoms with Crippen molar-refractivity contribution in [1.29, 1.82) is 0 Å². The van der Waals surface area contributed by atoms with E-state index in [2.05, 4.69) is 15.0 Å². The molecule has 0 fully saturated rings. The molecule has 0 amide bonds. The first-order valence-electron chi connectivity index (χ1n) is 6.17. The molecular weight excluding hydrogens is 254 g/mol. The Labute approximate surface area is 115 Å². The first-order chi connectivity index (χ1) is 9.54. The Balaban J connectivity index is 2.10. The van der Waals surface area contributed by atoms with Gasteiger partial charge in [-0.2, -0.15) is 0 Å². The van der Waals surface area contributed by atoms with Gasteiger partial charge >= 0.3 is 0 Å². The van der Waals surface area contributed by atoms with Gasteiger partial charge in [-0.05, 0) is 30.3 Å². The van der Waals surface area contributed by atoms with Gasteiger partial charge < -0.3 is 20.7 Å². The van der Waals surface area contributed by atoms with Gasteiger partial charge in [0.2, 0.25) is 0 Å². The van der Waals surface area contributed by atoms with Crippen molar-refractivity contribution in [2.45, 2.75) is 0 Å². The first-order valence-corrected chi connectivity index (χ1v) is 6.17. The Kier molecular flexibility index (Phi) is 2.71. The largest absolute Gasteiger partial charge is 0.506 e. The number of H-pyrrole nitrogens is 1. The van der Waals surface area contributed by atoms with E-state index in [0.717, 1.165) is 16.9 Å². The molecule has 2 aromatic heterocycles. The average molecular weight is 269 g/mol. The maximum absolute atomic E-state index is 9.45. The molecule has 3 rings (SSSR count). The molecule has 6 nitrogen and oxygen atoms in total. The minimum atomic E-state index is 0.0675. The van der Waals surface area contributed by atoms with E-state index >= 15 is 0 Å². The van der Waals surface area contributed by atoms with Gasteiger partial charge in [-0.15, -0.1) is 0 Å². The molecule has 0 bridgehead atoms. The third-order valence-electron chi connectivity index (χ3n) is 3.09. The van der Waals surface area contributed by atoms with E-state index in [9.17, 15) is 5.11 Å². The minimum Gasteiger partial charge on any atom is -0.506 e. The highest BCUT2D eigenvalue weighted by molar-refractivity contribution is 5.78. The fourth-order valence-electron chi connectivity index (χ4n) is 1.97. The molecule has 0 aliphatic rings. The molecule has 0 spiro atoms. The zero-order chi connectivity index (χ0) is 14.3. The summed E-state index contributed by atoms with van der Waals surface area (Å²) >= 11 is 0. The number of anilines is 2. The number of hydrogen-bond acceptors (Lipinski definition) is 5. The van der Waals surface area contributed by atoms with Crippen LogP contribution in [-0.2, 0) is 0 Å².